The minimum atomic E-state index is -0.500. The Labute approximate surface area is 130 Å². The van der Waals surface area contributed by atoms with E-state index >= 15 is 0 Å². The van der Waals surface area contributed by atoms with Crippen molar-refractivity contribution in [2.45, 2.75) is 39.5 Å². The standard InChI is InChI=1S/C17H22N2O3/c1-17(2,3)22-16(20)19-14-8-6-13(7-9-14)11-18-12-15-5-4-10-21-15/h4-10,18H,11-12H2,1-3H3,(H,19,20). The quantitative estimate of drug-likeness (QED) is 0.878. The van der Waals surface area contributed by atoms with Gasteiger partial charge in [0.2, 0.25) is 0 Å². The number of hydrogen-bond donors (Lipinski definition) is 2. The molecule has 1 amide bonds. The van der Waals surface area contributed by atoms with Crippen molar-refractivity contribution in [3.8, 4) is 0 Å². The van der Waals surface area contributed by atoms with Crippen molar-refractivity contribution >= 4 is 11.8 Å². The van der Waals surface area contributed by atoms with Crippen LogP contribution in [-0.4, -0.2) is 11.7 Å². The molecule has 0 bridgehead atoms. The van der Waals surface area contributed by atoms with Crippen LogP contribution >= 0.6 is 0 Å². The van der Waals surface area contributed by atoms with Crippen LogP contribution in [-0.2, 0) is 17.8 Å². The van der Waals surface area contributed by atoms with Crippen LogP contribution in [0, 0.1) is 0 Å². The lowest BCUT2D eigenvalue weighted by Gasteiger charge is -2.19. The zero-order valence-electron chi connectivity index (χ0n) is 13.2. The Bertz CT molecular complexity index is 583. The highest BCUT2D eigenvalue weighted by Crippen LogP contribution is 2.13. The molecule has 0 saturated heterocycles. The van der Waals surface area contributed by atoms with Gasteiger partial charge in [0.1, 0.15) is 11.4 Å². The van der Waals surface area contributed by atoms with Crippen LogP contribution in [0.1, 0.15) is 32.1 Å². The van der Waals surface area contributed by atoms with E-state index in [1.807, 2.05) is 57.2 Å². The molecule has 5 heteroatoms. The average molecular weight is 302 g/mol. The molecule has 5 nitrogen and oxygen atoms in total. The minimum Gasteiger partial charge on any atom is -0.468 e. The highest BCUT2D eigenvalue weighted by atomic mass is 16.6. The van der Waals surface area contributed by atoms with Crippen LogP contribution in [0.3, 0.4) is 0 Å². The number of amides is 1. The Morgan fingerprint density at radius 3 is 2.45 bits per heavy atom. The fraction of sp³-hybridized carbons (Fsp3) is 0.353. The van der Waals surface area contributed by atoms with Gasteiger partial charge in [0.15, 0.2) is 0 Å². The third-order valence-electron chi connectivity index (χ3n) is 2.81. The van der Waals surface area contributed by atoms with Crippen molar-refractivity contribution in [1.82, 2.24) is 5.32 Å². The Morgan fingerprint density at radius 2 is 1.86 bits per heavy atom. The molecule has 0 atom stereocenters. The molecular weight excluding hydrogens is 280 g/mol. The maximum atomic E-state index is 11.7. The predicted octanol–water partition coefficient (Wildman–Crippen LogP) is 3.92. The zero-order valence-corrected chi connectivity index (χ0v) is 13.2. The molecule has 1 aromatic carbocycles. The third kappa shape index (κ3) is 5.61. The molecule has 0 saturated carbocycles. The van der Waals surface area contributed by atoms with Crippen LogP contribution < -0.4 is 10.6 Å². The summed E-state index contributed by atoms with van der Waals surface area (Å²) in [6.07, 6.45) is 1.21. The van der Waals surface area contributed by atoms with E-state index in [4.69, 9.17) is 9.15 Å². The van der Waals surface area contributed by atoms with E-state index in [-0.39, 0.29) is 0 Å². The largest absolute Gasteiger partial charge is 0.468 e. The summed E-state index contributed by atoms with van der Waals surface area (Å²) in [6.45, 7) is 6.92. The summed E-state index contributed by atoms with van der Waals surface area (Å²) in [5, 5.41) is 6.00. The number of furan rings is 1. The second kappa shape index (κ2) is 7.13. The zero-order chi connectivity index (χ0) is 16.0. The number of hydrogen-bond acceptors (Lipinski definition) is 4. The molecule has 0 aliphatic carbocycles. The molecular formula is C17H22N2O3. The first-order valence-corrected chi connectivity index (χ1v) is 7.24. The summed E-state index contributed by atoms with van der Waals surface area (Å²) in [6, 6.07) is 11.4. The Morgan fingerprint density at radius 1 is 1.14 bits per heavy atom. The third-order valence-corrected chi connectivity index (χ3v) is 2.81. The number of anilines is 1. The summed E-state index contributed by atoms with van der Waals surface area (Å²) in [7, 11) is 0. The molecule has 2 aromatic rings. The molecule has 0 radical (unpaired) electrons. The number of rotatable bonds is 5. The summed E-state index contributed by atoms with van der Waals surface area (Å²) >= 11 is 0. The van der Waals surface area contributed by atoms with Gasteiger partial charge in [-0.1, -0.05) is 12.1 Å². The Kier molecular flexibility index (Phi) is 5.22. The van der Waals surface area contributed by atoms with Crippen LogP contribution in [0.4, 0.5) is 10.5 Å². The first kappa shape index (κ1) is 16.1. The van der Waals surface area contributed by atoms with Gasteiger partial charge in [-0.15, -0.1) is 0 Å². The van der Waals surface area contributed by atoms with Crippen LogP contribution in [0.2, 0.25) is 0 Å². The highest BCUT2D eigenvalue weighted by Gasteiger charge is 2.15. The van der Waals surface area contributed by atoms with Gasteiger partial charge in [0.25, 0.3) is 0 Å². The molecule has 118 valence electrons. The lowest BCUT2D eigenvalue weighted by atomic mass is 10.2. The maximum Gasteiger partial charge on any atom is 0.412 e. The predicted molar refractivity (Wildman–Crippen MR) is 85.6 cm³/mol. The number of ether oxygens (including phenoxy) is 1. The summed E-state index contributed by atoms with van der Waals surface area (Å²) in [4.78, 5) is 11.7. The molecule has 0 aliphatic rings. The first-order chi connectivity index (χ1) is 10.4. The lowest BCUT2D eigenvalue weighted by Crippen LogP contribution is -2.27. The van der Waals surface area contributed by atoms with Crippen molar-refractivity contribution < 1.29 is 13.9 Å². The molecule has 0 unspecified atom stereocenters. The number of carbonyl (C=O) groups excluding carboxylic acids is 1. The van der Waals surface area contributed by atoms with Gasteiger partial charge in [-0.25, -0.2) is 4.79 Å². The van der Waals surface area contributed by atoms with Gasteiger partial charge in [0.05, 0.1) is 12.8 Å². The van der Waals surface area contributed by atoms with E-state index in [9.17, 15) is 4.79 Å². The molecule has 2 N–H and O–H groups in total. The molecule has 1 heterocycles. The van der Waals surface area contributed by atoms with E-state index in [2.05, 4.69) is 10.6 Å². The summed E-state index contributed by atoms with van der Waals surface area (Å²) < 4.78 is 10.5. The van der Waals surface area contributed by atoms with E-state index < -0.39 is 11.7 Å². The van der Waals surface area contributed by atoms with Crippen molar-refractivity contribution in [1.29, 1.82) is 0 Å². The second-order valence-corrected chi connectivity index (χ2v) is 6.01. The highest BCUT2D eigenvalue weighted by molar-refractivity contribution is 5.84. The summed E-state index contributed by atoms with van der Waals surface area (Å²) in [5.41, 5.74) is 1.34. The fourth-order valence-electron chi connectivity index (χ4n) is 1.87. The SMILES string of the molecule is CC(C)(C)OC(=O)Nc1ccc(CNCc2ccco2)cc1. The van der Waals surface area contributed by atoms with Crippen molar-refractivity contribution in [3.05, 3.63) is 54.0 Å². The smallest absolute Gasteiger partial charge is 0.412 e. The van der Waals surface area contributed by atoms with Crippen molar-refractivity contribution in [3.63, 3.8) is 0 Å². The van der Waals surface area contributed by atoms with E-state index in [0.29, 0.717) is 12.2 Å². The van der Waals surface area contributed by atoms with Crippen molar-refractivity contribution in [2.75, 3.05) is 5.32 Å². The molecule has 0 aliphatic heterocycles. The van der Waals surface area contributed by atoms with Crippen molar-refractivity contribution in [2.24, 2.45) is 0 Å². The normalized spacial score (nSPS) is 11.2. The second-order valence-electron chi connectivity index (χ2n) is 6.01. The molecule has 0 fully saturated rings. The Balaban J connectivity index is 1.78. The van der Waals surface area contributed by atoms with Gasteiger partial charge in [-0.2, -0.15) is 0 Å². The Hall–Kier alpha value is -2.27. The van der Waals surface area contributed by atoms with E-state index in [0.717, 1.165) is 17.9 Å². The maximum absolute atomic E-state index is 11.7. The fourth-order valence-corrected chi connectivity index (χ4v) is 1.87. The average Bonchev–Trinajstić information content (AvgIpc) is 2.92. The van der Waals surface area contributed by atoms with Gasteiger partial charge in [-0.3, -0.25) is 5.32 Å². The van der Waals surface area contributed by atoms with Crippen LogP contribution in [0.25, 0.3) is 0 Å². The first-order valence-electron chi connectivity index (χ1n) is 7.24. The number of carbonyl (C=O) groups is 1. The number of benzene rings is 1. The molecule has 22 heavy (non-hydrogen) atoms. The topological polar surface area (TPSA) is 63.5 Å². The van der Waals surface area contributed by atoms with Crippen LogP contribution in [0.15, 0.2) is 47.1 Å². The van der Waals surface area contributed by atoms with E-state index in [1.54, 1.807) is 6.26 Å². The van der Waals surface area contributed by atoms with Gasteiger partial charge in [-0.05, 0) is 50.6 Å². The number of nitrogens with one attached hydrogen (secondary N) is 2. The molecule has 2 rings (SSSR count). The van der Waals surface area contributed by atoms with Crippen LogP contribution in [0.5, 0.6) is 0 Å². The lowest BCUT2D eigenvalue weighted by molar-refractivity contribution is 0.0636. The van der Waals surface area contributed by atoms with Gasteiger partial charge >= 0.3 is 6.09 Å². The van der Waals surface area contributed by atoms with Gasteiger partial charge in [0, 0.05) is 12.2 Å². The monoisotopic (exact) mass is 302 g/mol. The molecule has 1 aromatic heterocycles. The summed E-state index contributed by atoms with van der Waals surface area (Å²) in [5.74, 6) is 0.906. The minimum absolute atomic E-state index is 0.448. The molecule has 0 spiro atoms. The van der Waals surface area contributed by atoms with E-state index in [1.165, 1.54) is 0 Å². The van der Waals surface area contributed by atoms with Gasteiger partial charge < -0.3 is 14.5 Å².